The van der Waals surface area contributed by atoms with Crippen LogP contribution in [-0.2, 0) is 11.8 Å². The summed E-state index contributed by atoms with van der Waals surface area (Å²) in [5, 5.41) is 13.1. The molecule has 6 nitrogen and oxygen atoms in total. The van der Waals surface area contributed by atoms with E-state index >= 15 is 0 Å². The van der Waals surface area contributed by atoms with Crippen molar-refractivity contribution in [2.45, 2.75) is 5.92 Å². The maximum absolute atomic E-state index is 12.8. The number of aryl methyl sites for hydroxylation is 1. The summed E-state index contributed by atoms with van der Waals surface area (Å²) in [6.45, 7) is 1.45. The fourth-order valence-electron chi connectivity index (χ4n) is 3.30. The van der Waals surface area contributed by atoms with E-state index in [-0.39, 0.29) is 30.2 Å². The second-order valence-electron chi connectivity index (χ2n) is 6.63. The van der Waals surface area contributed by atoms with Gasteiger partial charge in [0.1, 0.15) is 0 Å². The number of halogens is 1. The Hall–Kier alpha value is -2.48. The number of amides is 1. The van der Waals surface area contributed by atoms with Crippen LogP contribution in [0.1, 0.15) is 22.7 Å². The first-order valence-corrected chi connectivity index (χ1v) is 9.76. The van der Waals surface area contributed by atoms with Gasteiger partial charge in [-0.15, -0.1) is 23.7 Å². The summed E-state index contributed by atoms with van der Waals surface area (Å²) in [6.07, 6.45) is 7.79. The van der Waals surface area contributed by atoms with E-state index in [9.17, 15) is 4.79 Å². The van der Waals surface area contributed by atoms with Crippen LogP contribution in [0, 0.1) is 5.92 Å². The zero-order valence-corrected chi connectivity index (χ0v) is 17.0. The van der Waals surface area contributed by atoms with Gasteiger partial charge < -0.3 is 10.6 Å². The van der Waals surface area contributed by atoms with Crippen LogP contribution in [0.3, 0.4) is 0 Å². The predicted octanol–water partition coefficient (Wildman–Crippen LogP) is 3.41. The maximum Gasteiger partial charge on any atom is 0.231 e. The van der Waals surface area contributed by atoms with E-state index in [0.29, 0.717) is 11.7 Å². The Morgan fingerprint density at radius 2 is 2.11 bits per heavy atom. The van der Waals surface area contributed by atoms with Gasteiger partial charge in [-0.2, -0.15) is 5.10 Å². The average Bonchev–Trinajstić information content (AvgIpc) is 3.41. The predicted molar refractivity (Wildman–Crippen MR) is 116 cm³/mol. The first-order chi connectivity index (χ1) is 13.2. The lowest BCUT2D eigenvalue weighted by Gasteiger charge is -2.15. The zero-order chi connectivity index (χ0) is 18.6. The highest BCUT2D eigenvalue weighted by Crippen LogP contribution is 2.29. The van der Waals surface area contributed by atoms with Crippen LogP contribution in [-0.4, -0.2) is 33.8 Å². The summed E-state index contributed by atoms with van der Waals surface area (Å²) in [4.78, 5) is 17.3. The van der Waals surface area contributed by atoms with E-state index in [1.807, 2.05) is 67.3 Å². The zero-order valence-electron chi connectivity index (χ0n) is 15.4. The van der Waals surface area contributed by atoms with Gasteiger partial charge in [-0.25, -0.2) is 4.98 Å². The molecule has 4 rings (SSSR count). The molecule has 0 saturated carbocycles. The number of carbonyl (C=O) groups excluding carboxylic acids is 1. The highest BCUT2D eigenvalue weighted by Gasteiger charge is 2.35. The first-order valence-electron chi connectivity index (χ1n) is 8.88. The topological polar surface area (TPSA) is 71.8 Å². The van der Waals surface area contributed by atoms with Gasteiger partial charge in [-0.05, 0) is 17.2 Å². The van der Waals surface area contributed by atoms with E-state index in [1.165, 1.54) is 11.3 Å². The standard InChI is InChI=1S/C20H21N5OS.ClH/c1-25-12-15(9-22-25)17-10-21-11-18(17)19(26)24-20-23-16(13-27-20)8-7-14-5-3-2-4-6-14;/h2-9,12-13,17-18,21H,10-11H2,1H3,(H,23,24,26);1H/b8-7+;/t17-,18+;/m1./s1. The Morgan fingerprint density at radius 1 is 1.29 bits per heavy atom. The van der Waals surface area contributed by atoms with Crippen molar-refractivity contribution in [3.05, 3.63) is 64.9 Å². The van der Waals surface area contributed by atoms with E-state index < -0.39 is 0 Å². The van der Waals surface area contributed by atoms with Gasteiger partial charge in [-0.1, -0.05) is 36.4 Å². The number of anilines is 1. The number of nitrogens with one attached hydrogen (secondary N) is 2. The molecule has 1 aliphatic rings. The third-order valence-electron chi connectivity index (χ3n) is 4.70. The molecule has 2 N–H and O–H groups in total. The van der Waals surface area contributed by atoms with Gasteiger partial charge in [-0.3, -0.25) is 9.48 Å². The monoisotopic (exact) mass is 415 g/mol. The van der Waals surface area contributed by atoms with Crippen molar-refractivity contribution in [3.8, 4) is 0 Å². The van der Waals surface area contributed by atoms with Gasteiger partial charge in [0.15, 0.2) is 5.13 Å². The lowest BCUT2D eigenvalue weighted by molar-refractivity contribution is -0.119. The molecule has 1 aromatic carbocycles. The molecule has 1 amide bonds. The highest BCUT2D eigenvalue weighted by molar-refractivity contribution is 7.14. The van der Waals surface area contributed by atoms with E-state index in [4.69, 9.17) is 0 Å². The second kappa shape index (κ2) is 9.14. The molecule has 1 aliphatic heterocycles. The normalized spacial score (nSPS) is 18.9. The number of carbonyl (C=O) groups is 1. The lowest BCUT2D eigenvalue weighted by Crippen LogP contribution is -2.28. The molecule has 146 valence electrons. The molecular weight excluding hydrogens is 394 g/mol. The summed E-state index contributed by atoms with van der Waals surface area (Å²) in [6, 6.07) is 10.1. The number of nitrogens with zero attached hydrogens (tertiary/aromatic N) is 3. The molecule has 28 heavy (non-hydrogen) atoms. The van der Waals surface area contributed by atoms with Gasteiger partial charge in [0.25, 0.3) is 0 Å². The number of thiazole rings is 1. The van der Waals surface area contributed by atoms with Crippen LogP contribution in [0.15, 0.2) is 48.1 Å². The number of benzene rings is 1. The van der Waals surface area contributed by atoms with E-state index in [2.05, 4.69) is 20.7 Å². The summed E-state index contributed by atoms with van der Waals surface area (Å²) < 4.78 is 1.77. The molecule has 0 spiro atoms. The molecule has 1 fully saturated rings. The van der Waals surface area contributed by atoms with Crippen LogP contribution in [0.4, 0.5) is 5.13 Å². The van der Waals surface area contributed by atoms with Crippen LogP contribution < -0.4 is 10.6 Å². The van der Waals surface area contributed by atoms with Crippen molar-refractivity contribution in [2.24, 2.45) is 13.0 Å². The lowest BCUT2D eigenvalue weighted by atomic mass is 9.90. The third-order valence-corrected chi connectivity index (χ3v) is 5.48. The fraction of sp³-hybridized carbons (Fsp3) is 0.250. The van der Waals surface area contributed by atoms with Gasteiger partial charge in [0.05, 0.1) is 17.8 Å². The van der Waals surface area contributed by atoms with Gasteiger partial charge in [0.2, 0.25) is 5.91 Å². The van der Waals surface area contributed by atoms with E-state index in [0.717, 1.165) is 23.4 Å². The van der Waals surface area contributed by atoms with Crippen molar-refractivity contribution < 1.29 is 4.79 Å². The van der Waals surface area contributed by atoms with Gasteiger partial charge >= 0.3 is 0 Å². The molecular formula is C20H22ClN5OS. The molecule has 3 aromatic rings. The summed E-state index contributed by atoms with van der Waals surface area (Å²) >= 11 is 1.44. The number of aromatic nitrogens is 3. The number of rotatable bonds is 5. The van der Waals surface area contributed by atoms with Crippen molar-refractivity contribution in [3.63, 3.8) is 0 Å². The summed E-state index contributed by atoms with van der Waals surface area (Å²) in [7, 11) is 1.89. The largest absolute Gasteiger partial charge is 0.315 e. The minimum Gasteiger partial charge on any atom is -0.315 e. The van der Waals surface area contributed by atoms with Crippen molar-refractivity contribution >= 4 is 46.9 Å². The summed E-state index contributed by atoms with van der Waals surface area (Å²) in [5.41, 5.74) is 3.05. The second-order valence-corrected chi connectivity index (χ2v) is 7.49. The molecule has 0 aliphatic carbocycles. The summed E-state index contributed by atoms with van der Waals surface area (Å²) in [5.74, 6) is 0.0133. The first kappa shape index (κ1) is 20.3. The number of hydrogen-bond acceptors (Lipinski definition) is 5. The molecule has 2 atom stereocenters. The van der Waals surface area contributed by atoms with Crippen LogP contribution in [0.25, 0.3) is 12.2 Å². The Labute approximate surface area is 174 Å². The van der Waals surface area contributed by atoms with Crippen LogP contribution in [0.2, 0.25) is 0 Å². The fourth-order valence-corrected chi connectivity index (χ4v) is 3.98. The van der Waals surface area contributed by atoms with E-state index in [1.54, 1.807) is 4.68 Å². The molecule has 0 bridgehead atoms. The molecule has 0 radical (unpaired) electrons. The highest BCUT2D eigenvalue weighted by atomic mass is 35.5. The Bertz CT molecular complexity index is 952. The maximum atomic E-state index is 12.8. The number of hydrogen-bond donors (Lipinski definition) is 2. The minimum absolute atomic E-state index is 0. The van der Waals surface area contributed by atoms with Crippen molar-refractivity contribution in [1.82, 2.24) is 20.1 Å². The smallest absolute Gasteiger partial charge is 0.231 e. The third kappa shape index (κ3) is 4.67. The quantitative estimate of drug-likeness (QED) is 0.669. The SMILES string of the molecule is Cl.Cn1cc([C@H]2CNC[C@@H]2C(=O)Nc2nc(/C=C/c3ccccc3)cs2)cn1. The van der Waals surface area contributed by atoms with Crippen LogP contribution in [0.5, 0.6) is 0 Å². The molecule has 3 heterocycles. The molecule has 2 aromatic heterocycles. The Kier molecular flexibility index (Phi) is 6.61. The van der Waals surface area contributed by atoms with Crippen molar-refractivity contribution in [2.75, 3.05) is 18.4 Å². The van der Waals surface area contributed by atoms with Crippen molar-refractivity contribution in [1.29, 1.82) is 0 Å². The minimum atomic E-state index is -0.124. The molecule has 0 unspecified atom stereocenters. The molecule has 1 saturated heterocycles. The Balaban J connectivity index is 0.00000225. The molecule has 8 heteroatoms. The van der Waals surface area contributed by atoms with Gasteiger partial charge in [0, 0.05) is 37.6 Å². The Morgan fingerprint density at radius 3 is 2.86 bits per heavy atom. The van der Waals surface area contributed by atoms with Crippen LogP contribution >= 0.6 is 23.7 Å². The average molecular weight is 416 g/mol.